The van der Waals surface area contributed by atoms with Gasteiger partial charge in [-0.05, 0) is 49.4 Å². The Bertz CT molecular complexity index is 1270. The Hall–Kier alpha value is -4.05. The number of ether oxygens (including phenoxy) is 1. The van der Waals surface area contributed by atoms with E-state index in [0.717, 1.165) is 11.6 Å². The highest BCUT2D eigenvalue weighted by atomic mass is 32.2. The maximum atomic E-state index is 12.3. The molecule has 3 aromatic carbocycles. The van der Waals surface area contributed by atoms with Crippen molar-refractivity contribution in [2.24, 2.45) is 0 Å². The first kappa shape index (κ1) is 22.6. The van der Waals surface area contributed by atoms with Crippen molar-refractivity contribution in [3.63, 3.8) is 0 Å². The van der Waals surface area contributed by atoms with Crippen LogP contribution in [0.2, 0.25) is 0 Å². The molecule has 0 aliphatic carbocycles. The van der Waals surface area contributed by atoms with Crippen LogP contribution in [0, 0.1) is 17.0 Å². The van der Waals surface area contributed by atoms with E-state index in [1.165, 1.54) is 54.6 Å². The molecule has 10 heteroatoms. The fourth-order valence-electron chi connectivity index (χ4n) is 2.67. The number of nitrogens with zero attached hydrogens (tertiary/aromatic N) is 1. The molecule has 0 radical (unpaired) electrons. The molecule has 0 unspecified atom stereocenters. The first-order chi connectivity index (χ1) is 15.2. The lowest BCUT2D eigenvalue weighted by Gasteiger charge is -2.08. The molecule has 0 N–H and O–H groups in total. The molecule has 3 aromatic rings. The zero-order valence-electron chi connectivity index (χ0n) is 16.8. The van der Waals surface area contributed by atoms with Crippen molar-refractivity contribution in [1.29, 1.82) is 0 Å². The summed E-state index contributed by atoms with van der Waals surface area (Å²) in [5.41, 5.74) is 0.339. The zero-order valence-corrected chi connectivity index (χ0v) is 17.6. The summed E-state index contributed by atoms with van der Waals surface area (Å²) in [7, 11) is -4.04. The molecular formula is C22H17NO8S. The number of para-hydroxylation sites is 1. The van der Waals surface area contributed by atoms with E-state index in [-0.39, 0.29) is 21.8 Å². The lowest BCUT2D eigenvalue weighted by molar-refractivity contribution is -0.385. The summed E-state index contributed by atoms with van der Waals surface area (Å²) in [5, 5.41) is 11.0. The number of benzene rings is 3. The molecule has 3 rings (SSSR count). The van der Waals surface area contributed by atoms with Crippen molar-refractivity contribution in [3.8, 4) is 5.75 Å². The minimum absolute atomic E-state index is 0.000898. The van der Waals surface area contributed by atoms with Gasteiger partial charge in [0, 0.05) is 11.6 Å². The van der Waals surface area contributed by atoms with Gasteiger partial charge in [0.1, 0.15) is 16.2 Å². The second-order valence-electron chi connectivity index (χ2n) is 6.65. The molecular weight excluding hydrogens is 438 g/mol. The summed E-state index contributed by atoms with van der Waals surface area (Å²) in [6.45, 7) is 1.18. The third-order valence-electron chi connectivity index (χ3n) is 4.35. The van der Waals surface area contributed by atoms with Crippen LogP contribution in [0.4, 0.5) is 5.69 Å². The monoisotopic (exact) mass is 455 g/mol. The van der Waals surface area contributed by atoms with Crippen LogP contribution in [0.3, 0.4) is 0 Å². The van der Waals surface area contributed by atoms with Gasteiger partial charge in [-0.15, -0.1) is 0 Å². The smallest absolute Gasteiger partial charge is 0.345 e. The number of nitro benzene ring substituents is 1. The predicted molar refractivity (Wildman–Crippen MR) is 113 cm³/mol. The van der Waals surface area contributed by atoms with Crippen LogP contribution < -0.4 is 4.18 Å². The zero-order chi connectivity index (χ0) is 23.3. The largest absolute Gasteiger partial charge is 0.454 e. The number of nitro groups is 1. The van der Waals surface area contributed by atoms with E-state index < -0.39 is 39.1 Å². The molecule has 0 saturated heterocycles. The molecule has 0 amide bonds. The number of rotatable bonds is 8. The molecule has 0 aliphatic heterocycles. The second kappa shape index (κ2) is 9.40. The Morgan fingerprint density at radius 2 is 1.56 bits per heavy atom. The van der Waals surface area contributed by atoms with Crippen LogP contribution >= 0.6 is 0 Å². The minimum Gasteiger partial charge on any atom is -0.454 e. The van der Waals surface area contributed by atoms with E-state index in [2.05, 4.69) is 0 Å². The van der Waals surface area contributed by atoms with Crippen LogP contribution in [0.25, 0.3) is 0 Å². The number of ketones is 1. The maximum Gasteiger partial charge on any atom is 0.345 e. The number of carbonyl (C=O) groups is 2. The third-order valence-corrected chi connectivity index (χ3v) is 5.61. The molecule has 32 heavy (non-hydrogen) atoms. The van der Waals surface area contributed by atoms with Gasteiger partial charge in [0.15, 0.2) is 12.4 Å². The van der Waals surface area contributed by atoms with Gasteiger partial charge in [-0.2, -0.15) is 8.42 Å². The molecule has 0 bridgehead atoms. The van der Waals surface area contributed by atoms with Crippen molar-refractivity contribution < 1.29 is 31.9 Å². The van der Waals surface area contributed by atoms with Crippen LogP contribution in [0.15, 0.2) is 77.7 Å². The topological polar surface area (TPSA) is 130 Å². The van der Waals surface area contributed by atoms with Crippen LogP contribution in [0.5, 0.6) is 5.75 Å². The predicted octanol–water partition coefficient (Wildman–Crippen LogP) is 3.71. The van der Waals surface area contributed by atoms with E-state index in [9.17, 15) is 28.1 Å². The van der Waals surface area contributed by atoms with Crippen LogP contribution in [-0.2, 0) is 14.9 Å². The lowest BCUT2D eigenvalue weighted by Crippen LogP contribution is -2.15. The SMILES string of the molecule is Cc1ccc(S(=O)(=O)Oc2ccc(C(=O)COC(=O)c3ccccc3[N+](=O)[O-])cc2)cc1. The summed E-state index contributed by atoms with van der Waals surface area (Å²) in [5.74, 6) is -1.58. The second-order valence-corrected chi connectivity index (χ2v) is 8.19. The van der Waals surface area contributed by atoms with Crippen molar-refractivity contribution >= 4 is 27.6 Å². The summed E-state index contributed by atoms with van der Waals surface area (Å²) >= 11 is 0. The van der Waals surface area contributed by atoms with E-state index in [0.29, 0.717) is 0 Å². The van der Waals surface area contributed by atoms with E-state index in [4.69, 9.17) is 8.92 Å². The summed E-state index contributed by atoms with van der Waals surface area (Å²) < 4.78 is 34.6. The van der Waals surface area contributed by atoms with Gasteiger partial charge < -0.3 is 8.92 Å². The number of Topliss-reactive ketones (excluding diaryl/α,β-unsaturated/α-hetero) is 1. The molecule has 0 spiro atoms. The van der Waals surface area contributed by atoms with Crippen molar-refractivity contribution in [3.05, 3.63) is 99.6 Å². The quantitative estimate of drug-likeness (QED) is 0.165. The number of aryl methyl sites for hydroxylation is 1. The highest BCUT2D eigenvalue weighted by Gasteiger charge is 2.22. The third kappa shape index (κ3) is 5.35. The average molecular weight is 455 g/mol. The minimum atomic E-state index is -4.04. The Morgan fingerprint density at radius 3 is 2.19 bits per heavy atom. The summed E-state index contributed by atoms with van der Waals surface area (Å²) in [6, 6.07) is 16.6. The first-order valence-corrected chi connectivity index (χ1v) is 10.6. The van der Waals surface area contributed by atoms with Crippen molar-refractivity contribution in [2.75, 3.05) is 6.61 Å². The van der Waals surface area contributed by atoms with Gasteiger partial charge in [-0.25, -0.2) is 4.79 Å². The van der Waals surface area contributed by atoms with Gasteiger partial charge >= 0.3 is 16.1 Å². The Morgan fingerprint density at radius 1 is 0.938 bits per heavy atom. The maximum absolute atomic E-state index is 12.3. The van der Waals surface area contributed by atoms with Gasteiger partial charge in [-0.1, -0.05) is 29.8 Å². The Kier molecular flexibility index (Phi) is 6.64. The number of esters is 1. The van der Waals surface area contributed by atoms with E-state index in [1.54, 1.807) is 12.1 Å². The number of hydrogen-bond donors (Lipinski definition) is 0. The molecule has 0 aromatic heterocycles. The highest BCUT2D eigenvalue weighted by Crippen LogP contribution is 2.21. The van der Waals surface area contributed by atoms with Crippen LogP contribution in [0.1, 0.15) is 26.3 Å². The van der Waals surface area contributed by atoms with Crippen molar-refractivity contribution in [2.45, 2.75) is 11.8 Å². The molecule has 0 aliphatic rings. The molecule has 0 heterocycles. The van der Waals surface area contributed by atoms with Crippen LogP contribution in [-0.4, -0.2) is 31.7 Å². The van der Waals surface area contributed by atoms with Gasteiger partial charge in [0.05, 0.1) is 4.92 Å². The van der Waals surface area contributed by atoms with E-state index >= 15 is 0 Å². The molecule has 164 valence electrons. The summed E-state index contributed by atoms with van der Waals surface area (Å²) in [4.78, 5) is 34.7. The Balaban J connectivity index is 1.63. The summed E-state index contributed by atoms with van der Waals surface area (Å²) in [6.07, 6.45) is 0. The number of hydrogen-bond acceptors (Lipinski definition) is 8. The van der Waals surface area contributed by atoms with Gasteiger partial charge in [0.25, 0.3) is 5.69 Å². The fraction of sp³-hybridized carbons (Fsp3) is 0.0909. The van der Waals surface area contributed by atoms with E-state index in [1.807, 2.05) is 6.92 Å². The molecule has 0 fully saturated rings. The van der Waals surface area contributed by atoms with Gasteiger partial charge in [0.2, 0.25) is 0 Å². The molecule has 9 nitrogen and oxygen atoms in total. The lowest BCUT2D eigenvalue weighted by atomic mass is 10.1. The molecule has 0 saturated carbocycles. The average Bonchev–Trinajstić information content (AvgIpc) is 2.77. The Labute approximate surface area is 183 Å². The highest BCUT2D eigenvalue weighted by molar-refractivity contribution is 7.87. The normalized spacial score (nSPS) is 10.9. The fourth-order valence-corrected chi connectivity index (χ4v) is 3.60. The molecule has 0 atom stereocenters. The van der Waals surface area contributed by atoms with Gasteiger partial charge in [-0.3, -0.25) is 14.9 Å². The first-order valence-electron chi connectivity index (χ1n) is 9.22. The van der Waals surface area contributed by atoms with Crippen molar-refractivity contribution in [1.82, 2.24) is 0 Å². The standard InChI is InChI=1S/C22H17NO8S/c1-15-6-12-18(13-7-15)32(28,29)31-17-10-8-16(9-11-17)21(24)14-30-22(25)19-4-2-3-5-20(19)23(26)27/h2-13H,14H2,1H3. The number of carbonyl (C=O) groups excluding carboxylic acids is 2.